The molecular weight excluding hydrogens is 408 g/mol. The number of unbranched alkanes of at least 4 members (excludes halogenated alkanes) is 1. The molecule has 0 aromatic heterocycles. The molecule has 2 fully saturated rings. The third-order valence-corrected chi connectivity index (χ3v) is 6.61. The highest BCUT2D eigenvalue weighted by Crippen LogP contribution is 2.34. The highest BCUT2D eigenvalue weighted by Gasteiger charge is 2.30. The van der Waals surface area contributed by atoms with E-state index in [1.807, 2.05) is 28.9 Å². The molecule has 2 aliphatic heterocycles. The number of fused-ring (bicyclic) bond motifs is 2. The molecule has 1 aromatic rings. The fraction of sp³-hybridized carbons (Fsp3) is 0.625. The second-order valence-electron chi connectivity index (χ2n) is 8.99. The van der Waals surface area contributed by atoms with E-state index in [1.165, 1.54) is 19.3 Å². The van der Waals surface area contributed by atoms with Crippen LogP contribution in [0.5, 0.6) is 5.75 Å². The highest BCUT2D eigenvalue weighted by atomic mass is 16.5. The summed E-state index contributed by atoms with van der Waals surface area (Å²) < 4.78 is 5.96. The van der Waals surface area contributed by atoms with E-state index in [0.717, 1.165) is 48.2 Å². The van der Waals surface area contributed by atoms with Gasteiger partial charge < -0.3 is 19.6 Å². The van der Waals surface area contributed by atoms with E-state index in [9.17, 15) is 14.7 Å². The van der Waals surface area contributed by atoms with Crippen molar-refractivity contribution in [3.8, 4) is 5.75 Å². The Morgan fingerprint density at radius 3 is 2.84 bits per heavy atom. The van der Waals surface area contributed by atoms with Crippen molar-refractivity contribution in [3.63, 3.8) is 0 Å². The third kappa shape index (κ3) is 5.23. The summed E-state index contributed by atoms with van der Waals surface area (Å²) in [4.78, 5) is 32.8. The minimum Gasteiger partial charge on any atom is -0.494 e. The molecule has 1 aromatic carbocycles. The van der Waals surface area contributed by atoms with E-state index in [0.29, 0.717) is 44.7 Å². The van der Waals surface area contributed by atoms with Crippen molar-refractivity contribution in [1.82, 2.24) is 15.1 Å². The molecule has 0 radical (unpaired) electrons. The van der Waals surface area contributed by atoms with Gasteiger partial charge in [-0.25, -0.2) is 4.99 Å². The first-order valence-corrected chi connectivity index (χ1v) is 11.9. The van der Waals surface area contributed by atoms with E-state index < -0.39 is 0 Å². The molecule has 2 amide bonds. The maximum Gasteiger partial charge on any atom is 0.246 e. The number of aryl methyl sites for hydroxylation is 1. The fourth-order valence-corrected chi connectivity index (χ4v) is 4.90. The van der Waals surface area contributed by atoms with Crippen molar-refractivity contribution in [1.29, 1.82) is 0 Å². The van der Waals surface area contributed by atoms with Gasteiger partial charge in [-0.2, -0.15) is 0 Å². The normalized spacial score (nSPS) is 18.0. The van der Waals surface area contributed by atoms with Gasteiger partial charge in [0.15, 0.2) is 0 Å². The molecule has 0 bridgehead atoms. The van der Waals surface area contributed by atoms with E-state index >= 15 is 0 Å². The van der Waals surface area contributed by atoms with Gasteiger partial charge in [0.2, 0.25) is 17.8 Å². The van der Waals surface area contributed by atoms with Crippen LogP contribution in [0, 0.1) is 6.92 Å². The minimum atomic E-state index is -0.0266. The molecule has 1 aliphatic carbocycles. The molecular formula is C24H34N4O4. The summed E-state index contributed by atoms with van der Waals surface area (Å²) in [6.07, 6.45) is 7.74. The molecule has 1 saturated heterocycles. The number of nitrogens with zero attached hydrogens (tertiary/aromatic N) is 3. The van der Waals surface area contributed by atoms with Gasteiger partial charge in [0.25, 0.3) is 0 Å². The second-order valence-corrected chi connectivity index (χ2v) is 8.99. The molecule has 8 nitrogen and oxygen atoms in total. The van der Waals surface area contributed by atoms with Crippen molar-refractivity contribution in [2.24, 2.45) is 4.99 Å². The number of aliphatic imine (C=N–C) groups is 1. The SMILES string of the molecule is Cc1cc(OCCCCC(=O)N(CCO)C2CCCCC2)cc2c1CN1CC(=O)NC1=N2. The lowest BCUT2D eigenvalue weighted by Crippen LogP contribution is -2.43. The molecule has 174 valence electrons. The van der Waals surface area contributed by atoms with Crippen LogP contribution in [0.1, 0.15) is 62.5 Å². The maximum absolute atomic E-state index is 12.7. The van der Waals surface area contributed by atoms with E-state index in [1.54, 1.807) is 0 Å². The fourth-order valence-electron chi connectivity index (χ4n) is 4.90. The van der Waals surface area contributed by atoms with E-state index in [2.05, 4.69) is 10.3 Å². The standard InChI is InChI=1S/C24H34N4O4/c1-17-13-19(14-21-20(17)15-27-16-22(30)26-24(27)25-21)32-12-6-5-9-23(31)28(10-11-29)18-7-3-2-4-8-18/h13-14,18,29H,2-12,15-16H2,1H3,(H,25,26,30). The molecule has 1 saturated carbocycles. The van der Waals surface area contributed by atoms with Crippen LogP contribution >= 0.6 is 0 Å². The highest BCUT2D eigenvalue weighted by molar-refractivity contribution is 6.05. The Hall–Kier alpha value is -2.61. The molecule has 32 heavy (non-hydrogen) atoms. The predicted octanol–water partition coefficient (Wildman–Crippen LogP) is 2.63. The molecule has 8 heteroatoms. The third-order valence-electron chi connectivity index (χ3n) is 6.61. The zero-order chi connectivity index (χ0) is 22.5. The molecule has 2 N–H and O–H groups in total. The number of hydrogen-bond donors (Lipinski definition) is 2. The number of rotatable bonds is 9. The quantitative estimate of drug-likeness (QED) is 0.574. The Morgan fingerprint density at radius 1 is 1.25 bits per heavy atom. The first-order chi connectivity index (χ1) is 15.5. The van der Waals surface area contributed by atoms with Gasteiger partial charge in [0.1, 0.15) is 12.3 Å². The number of hydrogen-bond acceptors (Lipinski definition) is 6. The van der Waals surface area contributed by atoms with Crippen LogP contribution in [-0.2, 0) is 16.1 Å². The smallest absolute Gasteiger partial charge is 0.246 e. The Labute approximate surface area is 189 Å². The summed E-state index contributed by atoms with van der Waals surface area (Å²) in [5, 5.41) is 12.2. The summed E-state index contributed by atoms with van der Waals surface area (Å²) in [6.45, 7) is 4.06. The van der Waals surface area contributed by atoms with Gasteiger partial charge >= 0.3 is 0 Å². The largest absolute Gasteiger partial charge is 0.494 e. The number of ether oxygens (including phenoxy) is 1. The minimum absolute atomic E-state index is 0.0225. The maximum atomic E-state index is 12.7. The zero-order valence-corrected chi connectivity index (χ0v) is 18.9. The average Bonchev–Trinajstić information content (AvgIpc) is 3.15. The predicted molar refractivity (Wildman–Crippen MR) is 122 cm³/mol. The van der Waals surface area contributed by atoms with Crippen molar-refractivity contribution >= 4 is 23.5 Å². The topological polar surface area (TPSA) is 94.5 Å². The Morgan fingerprint density at radius 2 is 2.06 bits per heavy atom. The molecule has 0 atom stereocenters. The van der Waals surface area contributed by atoms with Gasteiger partial charge in [-0.15, -0.1) is 0 Å². The van der Waals surface area contributed by atoms with Crippen molar-refractivity contribution in [3.05, 3.63) is 23.3 Å². The Kier molecular flexibility index (Phi) is 7.29. The summed E-state index contributed by atoms with van der Waals surface area (Å²) >= 11 is 0. The zero-order valence-electron chi connectivity index (χ0n) is 18.9. The number of benzene rings is 1. The lowest BCUT2D eigenvalue weighted by atomic mass is 9.94. The number of guanidine groups is 1. The van der Waals surface area contributed by atoms with Crippen molar-refractivity contribution in [2.75, 3.05) is 26.3 Å². The van der Waals surface area contributed by atoms with Crippen LogP contribution < -0.4 is 10.1 Å². The van der Waals surface area contributed by atoms with Gasteiger partial charge in [0, 0.05) is 37.2 Å². The lowest BCUT2D eigenvalue weighted by molar-refractivity contribution is -0.135. The van der Waals surface area contributed by atoms with E-state index in [-0.39, 0.29) is 18.4 Å². The first-order valence-electron chi connectivity index (χ1n) is 11.9. The van der Waals surface area contributed by atoms with Crippen LogP contribution in [0.2, 0.25) is 0 Å². The van der Waals surface area contributed by atoms with Crippen molar-refractivity contribution < 1.29 is 19.4 Å². The molecule has 4 rings (SSSR count). The number of amides is 2. The van der Waals surface area contributed by atoms with Crippen LogP contribution in [0.25, 0.3) is 0 Å². The van der Waals surface area contributed by atoms with Crippen LogP contribution in [0.15, 0.2) is 17.1 Å². The molecule has 2 heterocycles. The lowest BCUT2D eigenvalue weighted by Gasteiger charge is -2.34. The summed E-state index contributed by atoms with van der Waals surface area (Å²) in [7, 11) is 0. The van der Waals surface area contributed by atoms with Gasteiger partial charge in [-0.1, -0.05) is 19.3 Å². The van der Waals surface area contributed by atoms with Gasteiger partial charge in [-0.05, 0) is 44.2 Å². The van der Waals surface area contributed by atoms with E-state index in [4.69, 9.17) is 4.74 Å². The molecule has 0 spiro atoms. The number of carbonyl (C=O) groups excluding carboxylic acids is 2. The average molecular weight is 443 g/mol. The van der Waals surface area contributed by atoms with Crippen LogP contribution in [0.4, 0.5) is 5.69 Å². The number of nitrogens with one attached hydrogen (secondary N) is 1. The van der Waals surface area contributed by atoms with Crippen molar-refractivity contribution in [2.45, 2.75) is 70.9 Å². The molecule has 3 aliphatic rings. The van der Waals surface area contributed by atoms with Crippen LogP contribution in [-0.4, -0.2) is 65.0 Å². The number of carbonyl (C=O) groups is 2. The Bertz CT molecular complexity index is 879. The number of aliphatic hydroxyl groups is 1. The second kappa shape index (κ2) is 10.3. The van der Waals surface area contributed by atoms with Gasteiger partial charge in [0.05, 0.1) is 18.9 Å². The first kappa shape index (κ1) is 22.6. The summed E-state index contributed by atoms with van der Waals surface area (Å²) in [5.41, 5.74) is 3.06. The molecule has 0 unspecified atom stereocenters. The Balaban J connectivity index is 1.25. The van der Waals surface area contributed by atoms with Crippen LogP contribution in [0.3, 0.4) is 0 Å². The van der Waals surface area contributed by atoms with Gasteiger partial charge in [-0.3, -0.25) is 14.9 Å². The summed E-state index contributed by atoms with van der Waals surface area (Å²) in [6, 6.07) is 4.23. The monoisotopic (exact) mass is 442 g/mol. The summed E-state index contributed by atoms with van der Waals surface area (Å²) in [5.74, 6) is 1.50. The number of aliphatic hydroxyl groups excluding tert-OH is 1.